The second kappa shape index (κ2) is 7.53. The normalized spacial score (nSPS) is 31.2. The van der Waals surface area contributed by atoms with Crippen LogP contribution in [0.3, 0.4) is 0 Å². The summed E-state index contributed by atoms with van der Waals surface area (Å²) in [7, 11) is 0. The van der Waals surface area contributed by atoms with E-state index in [1.807, 2.05) is 0 Å². The zero-order chi connectivity index (χ0) is 17.0. The van der Waals surface area contributed by atoms with Gasteiger partial charge >= 0.3 is 0 Å². The number of carboxylic acids is 1. The van der Waals surface area contributed by atoms with Crippen molar-refractivity contribution in [2.24, 2.45) is 0 Å². The number of ether oxygens (including phenoxy) is 2. The van der Waals surface area contributed by atoms with E-state index in [2.05, 4.69) is 0 Å². The van der Waals surface area contributed by atoms with Gasteiger partial charge in [-0.3, -0.25) is 0 Å². The number of carbonyl (C=O) groups excluding carboxylic acids is 1. The summed E-state index contributed by atoms with van der Waals surface area (Å²) in [4.78, 5) is 10.3. The molecular formula is C15H17O8-. The minimum absolute atomic E-state index is 0.292. The minimum Gasteiger partial charge on any atom is -0.545 e. The van der Waals surface area contributed by atoms with Crippen LogP contribution in [0, 0.1) is 0 Å². The molecule has 8 nitrogen and oxygen atoms in total. The van der Waals surface area contributed by atoms with E-state index >= 15 is 0 Å². The van der Waals surface area contributed by atoms with E-state index in [4.69, 9.17) is 14.6 Å². The van der Waals surface area contributed by atoms with Crippen LogP contribution < -0.4 is 9.84 Å². The predicted octanol–water partition coefficient (Wildman–Crippen LogP) is -2.37. The molecule has 1 heterocycles. The second-order valence-corrected chi connectivity index (χ2v) is 5.04. The number of carbonyl (C=O) groups is 1. The van der Waals surface area contributed by atoms with Crippen molar-refractivity contribution in [2.45, 2.75) is 30.7 Å². The molecule has 1 fully saturated rings. The summed E-state index contributed by atoms with van der Waals surface area (Å²) in [6, 6.07) is 6.16. The third kappa shape index (κ3) is 4.27. The van der Waals surface area contributed by atoms with Crippen molar-refractivity contribution in [1.29, 1.82) is 0 Å². The van der Waals surface area contributed by atoms with Crippen LogP contribution in [0.15, 0.2) is 30.3 Å². The highest BCUT2D eigenvalue weighted by Gasteiger charge is 2.44. The fourth-order valence-corrected chi connectivity index (χ4v) is 2.12. The zero-order valence-corrected chi connectivity index (χ0v) is 12.0. The summed E-state index contributed by atoms with van der Waals surface area (Å²) >= 11 is 0. The minimum atomic E-state index is -1.52. The smallest absolute Gasteiger partial charge is 0.229 e. The molecule has 0 radical (unpaired) electrons. The molecule has 1 aromatic rings. The third-order valence-electron chi connectivity index (χ3n) is 3.39. The highest BCUT2D eigenvalue weighted by Crippen LogP contribution is 2.24. The molecule has 126 valence electrons. The summed E-state index contributed by atoms with van der Waals surface area (Å²) in [6.07, 6.45) is -4.56. The molecule has 0 amide bonds. The van der Waals surface area contributed by atoms with Crippen LogP contribution in [-0.2, 0) is 9.53 Å². The first kappa shape index (κ1) is 17.4. The Labute approximate surface area is 131 Å². The van der Waals surface area contributed by atoms with Crippen LogP contribution in [0.4, 0.5) is 0 Å². The summed E-state index contributed by atoms with van der Waals surface area (Å²) in [5.74, 6) is -1.02. The van der Waals surface area contributed by atoms with E-state index in [-0.39, 0.29) is 0 Å². The molecule has 0 bridgehead atoms. The second-order valence-electron chi connectivity index (χ2n) is 5.04. The van der Waals surface area contributed by atoms with Gasteiger partial charge in [0.2, 0.25) is 6.29 Å². The lowest BCUT2D eigenvalue weighted by molar-refractivity contribution is -0.297. The van der Waals surface area contributed by atoms with Crippen molar-refractivity contribution in [3.8, 4) is 5.75 Å². The van der Waals surface area contributed by atoms with Crippen LogP contribution in [0.2, 0.25) is 0 Å². The van der Waals surface area contributed by atoms with Gasteiger partial charge < -0.3 is 39.8 Å². The van der Waals surface area contributed by atoms with E-state index in [0.29, 0.717) is 11.3 Å². The van der Waals surface area contributed by atoms with Crippen molar-refractivity contribution in [3.63, 3.8) is 0 Å². The topological polar surface area (TPSA) is 140 Å². The van der Waals surface area contributed by atoms with Crippen molar-refractivity contribution in [1.82, 2.24) is 0 Å². The number of carboxylic acid groups (broad SMARTS) is 1. The monoisotopic (exact) mass is 325 g/mol. The van der Waals surface area contributed by atoms with Crippen LogP contribution in [0.1, 0.15) is 5.56 Å². The first-order valence-electron chi connectivity index (χ1n) is 6.88. The van der Waals surface area contributed by atoms with E-state index in [0.717, 1.165) is 6.08 Å². The Morgan fingerprint density at radius 1 is 1.17 bits per heavy atom. The molecule has 0 spiro atoms. The van der Waals surface area contributed by atoms with Crippen LogP contribution >= 0.6 is 0 Å². The summed E-state index contributed by atoms with van der Waals surface area (Å²) in [6.45, 7) is -0.544. The molecule has 5 atom stereocenters. The highest BCUT2D eigenvalue weighted by atomic mass is 16.7. The molecule has 1 aromatic carbocycles. The van der Waals surface area contributed by atoms with Gasteiger partial charge in [0, 0.05) is 0 Å². The molecule has 2 rings (SSSR count). The predicted molar refractivity (Wildman–Crippen MR) is 74.9 cm³/mol. The number of hydrogen-bond acceptors (Lipinski definition) is 8. The molecule has 0 aliphatic carbocycles. The molecule has 1 aliphatic heterocycles. The van der Waals surface area contributed by atoms with Gasteiger partial charge in [0.1, 0.15) is 30.2 Å². The number of aliphatic carboxylic acids is 1. The molecule has 1 aliphatic rings. The fourth-order valence-electron chi connectivity index (χ4n) is 2.12. The summed E-state index contributed by atoms with van der Waals surface area (Å²) in [5, 5.41) is 48.6. The first-order chi connectivity index (χ1) is 10.9. The molecule has 8 heteroatoms. The number of hydrogen-bond donors (Lipinski definition) is 4. The Kier molecular flexibility index (Phi) is 5.69. The van der Waals surface area contributed by atoms with Crippen LogP contribution in [-0.4, -0.2) is 63.7 Å². The van der Waals surface area contributed by atoms with Crippen LogP contribution in [0.5, 0.6) is 5.75 Å². The van der Waals surface area contributed by atoms with E-state index in [9.17, 15) is 25.2 Å². The lowest BCUT2D eigenvalue weighted by Gasteiger charge is -2.39. The maximum atomic E-state index is 10.3. The van der Waals surface area contributed by atoms with Gasteiger partial charge in [0.25, 0.3) is 0 Å². The Balaban J connectivity index is 2.04. The Hall–Kier alpha value is -1.97. The molecule has 0 unspecified atom stereocenters. The SMILES string of the molecule is O=C([O-])/C=C\c1ccc(O[C@@H]2O[C@H](CO)[C@@H](O)[C@H](O)[C@H]2O)cc1. The number of rotatable bonds is 5. The lowest BCUT2D eigenvalue weighted by atomic mass is 9.99. The number of aliphatic hydroxyl groups excluding tert-OH is 4. The average Bonchev–Trinajstić information content (AvgIpc) is 2.54. The van der Waals surface area contributed by atoms with Gasteiger partial charge in [-0.05, 0) is 23.8 Å². The van der Waals surface area contributed by atoms with Crippen LogP contribution in [0.25, 0.3) is 6.08 Å². The summed E-state index contributed by atoms with van der Waals surface area (Å²) < 4.78 is 10.6. The van der Waals surface area contributed by atoms with Crippen molar-refractivity contribution in [2.75, 3.05) is 6.61 Å². The molecule has 0 saturated carbocycles. The van der Waals surface area contributed by atoms with E-state index < -0.39 is 43.3 Å². The van der Waals surface area contributed by atoms with E-state index in [1.165, 1.54) is 18.2 Å². The van der Waals surface area contributed by atoms with Gasteiger partial charge in [0.05, 0.1) is 12.6 Å². The van der Waals surface area contributed by atoms with Gasteiger partial charge in [-0.25, -0.2) is 0 Å². The Morgan fingerprint density at radius 2 is 1.83 bits per heavy atom. The Morgan fingerprint density at radius 3 is 2.39 bits per heavy atom. The first-order valence-corrected chi connectivity index (χ1v) is 6.88. The van der Waals surface area contributed by atoms with Gasteiger partial charge in [-0.1, -0.05) is 18.2 Å². The summed E-state index contributed by atoms with van der Waals surface area (Å²) in [5.41, 5.74) is 0.593. The van der Waals surface area contributed by atoms with Gasteiger partial charge in [-0.2, -0.15) is 0 Å². The van der Waals surface area contributed by atoms with Crippen molar-refractivity contribution < 1.29 is 39.8 Å². The van der Waals surface area contributed by atoms with Gasteiger partial charge in [0.15, 0.2) is 0 Å². The highest BCUT2D eigenvalue weighted by molar-refractivity contribution is 5.83. The molecule has 4 N–H and O–H groups in total. The largest absolute Gasteiger partial charge is 0.545 e. The lowest BCUT2D eigenvalue weighted by Crippen LogP contribution is -2.60. The maximum absolute atomic E-state index is 10.3. The van der Waals surface area contributed by atoms with E-state index in [1.54, 1.807) is 12.1 Å². The molecular weight excluding hydrogens is 308 g/mol. The zero-order valence-electron chi connectivity index (χ0n) is 12.0. The number of benzene rings is 1. The third-order valence-corrected chi connectivity index (χ3v) is 3.39. The molecule has 23 heavy (non-hydrogen) atoms. The standard InChI is InChI=1S/C15H18O8/c16-7-10-12(19)13(20)14(21)15(23-10)22-9-4-1-8(2-5-9)3-6-11(17)18/h1-6,10,12-16,19-21H,7H2,(H,17,18)/p-1/b6-3-/t10-,12-,13+,14-,15-/m1/s1. The van der Waals surface area contributed by atoms with Crippen molar-refractivity contribution in [3.05, 3.63) is 35.9 Å². The quantitative estimate of drug-likeness (QED) is 0.440. The fraction of sp³-hybridized carbons (Fsp3) is 0.400. The number of aliphatic hydroxyl groups is 4. The van der Waals surface area contributed by atoms with Crippen molar-refractivity contribution >= 4 is 12.0 Å². The average molecular weight is 325 g/mol. The maximum Gasteiger partial charge on any atom is 0.229 e. The molecule has 0 aromatic heterocycles. The van der Waals surface area contributed by atoms with Gasteiger partial charge in [-0.15, -0.1) is 0 Å². The molecule has 1 saturated heterocycles. The Bertz CT molecular complexity index is 553.